The fraction of sp³-hybridized carbons (Fsp3) is 0.432. The van der Waals surface area contributed by atoms with Crippen LogP contribution in [0.1, 0.15) is 71.1 Å². The maximum absolute atomic E-state index is 14.0. The third-order valence-corrected chi connectivity index (χ3v) is 7.81. The molecule has 246 valence electrons. The molecule has 1 heterocycles. The first-order chi connectivity index (χ1) is 21.7. The minimum Gasteiger partial charge on any atom is -0.444 e. The van der Waals surface area contributed by atoms with Gasteiger partial charge in [0.1, 0.15) is 11.6 Å². The van der Waals surface area contributed by atoms with Gasteiger partial charge >= 0.3 is 6.09 Å². The second-order valence-corrected chi connectivity index (χ2v) is 13.7. The zero-order chi connectivity index (χ0) is 33.5. The Morgan fingerprint density at radius 2 is 1.65 bits per heavy atom. The largest absolute Gasteiger partial charge is 0.444 e. The van der Waals surface area contributed by atoms with Gasteiger partial charge in [-0.2, -0.15) is 0 Å². The highest BCUT2D eigenvalue weighted by Crippen LogP contribution is 2.30. The number of aliphatic hydroxyl groups is 1. The lowest BCUT2D eigenvalue weighted by atomic mass is 9.98. The maximum atomic E-state index is 14.0. The Bertz CT molecular complexity index is 1510. The number of nitrogens with zero attached hydrogens (tertiary/aromatic N) is 1. The second kappa shape index (κ2) is 14.9. The quantitative estimate of drug-likeness (QED) is 0.223. The Hall–Kier alpha value is -4.21. The van der Waals surface area contributed by atoms with E-state index in [4.69, 9.17) is 4.74 Å². The number of carbonyl (C=O) groups excluding carboxylic acids is 3. The minimum absolute atomic E-state index is 0.143. The molecule has 0 saturated heterocycles. The summed E-state index contributed by atoms with van der Waals surface area (Å²) in [5.41, 5.74) is 4.70. The lowest BCUT2D eigenvalue weighted by Crippen LogP contribution is -2.51. The van der Waals surface area contributed by atoms with Gasteiger partial charge in [0.2, 0.25) is 11.8 Å². The number of alkyl carbamates (subject to hydrolysis) is 1. The number of β-amino-alcohol motifs (C(OH)–C–C–N with tert-alkyl or cyclic N) is 1. The minimum atomic E-state index is -0.656. The molecule has 0 saturated carbocycles. The van der Waals surface area contributed by atoms with E-state index < -0.39 is 29.4 Å². The van der Waals surface area contributed by atoms with Crippen molar-refractivity contribution in [2.45, 2.75) is 97.2 Å². The van der Waals surface area contributed by atoms with Gasteiger partial charge in [0.15, 0.2) is 0 Å². The van der Waals surface area contributed by atoms with Crippen LogP contribution < -0.4 is 20.9 Å². The number of carbonyl (C=O) groups is 3. The van der Waals surface area contributed by atoms with Gasteiger partial charge in [-0.25, -0.2) is 4.79 Å². The first-order valence-corrected chi connectivity index (χ1v) is 16.0. The van der Waals surface area contributed by atoms with E-state index >= 15 is 0 Å². The fourth-order valence-electron chi connectivity index (χ4n) is 5.56. The van der Waals surface area contributed by atoms with Crippen LogP contribution in [0.25, 0.3) is 11.1 Å². The lowest BCUT2D eigenvalue weighted by molar-refractivity contribution is -0.128. The first kappa shape index (κ1) is 34.7. The number of fused-ring (bicyclic) bond motifs is 1. The molecule has 0 spiro atoms. The smallest absolute Gasteiger partial charge is 0.407 e. The van der Waals surface area contributed by atoms with E-state index in [2.05, 4.69) is 16.0 Å². The van der Waals surface area contributed by atoms with Crippen LogP contribution in [0.4, 0.5) is 10.5 Å². The molecule has 1 aliphatic heterocycles. The van der Waals surface area contributed by atoms with Gasteiger partial charge in [0, 0.05) is 30.7 Å². The topological polar surface area (TPSA) is 120 Å². The van der Waals surface area contributed by atoms with Gasteiger partial charge < -0.3 is 30.7 Å². The van der Waals surface area contributed by atoms with Crippen LogP contribution in [-0.4, -0.2) is 52.8 Å². The number of anilines is 1. The molecule has 1 aliphatic rings. The predicted octanol–water partition coefficient (Wildman–Crippen LogP) is 5.48. The van der Waals surface area contributed by atoms with E-state index in [0.29, 0.717) is 32.5 Å². The molecule has 0 bridgehead atoms. The highest BCUT2D eigenvalue weighted by Gasteiger charge is 2.32. The molecule has 4 rings (SSSR count). The van der Waals surface area contributed by atoms with Crippen molar-refractivity contribution in [3.8, 4) is 11.1 Å². The molecule has 3 aromatic rings. The van der Waals surface area contributed by atoms with Gasteiger partial charge in [-0.3, -0.25) is 9.59 Å². The summed E-state index contributed by atoms with van der Waals surface area (Å²) in [5, 5.41) is 18.7. The van der Waals surface area contributed by atoms with Crippen LogP contribution in [0.2, 0.25) is 0 Å². The molecule has 0 aromatic heterocycles. The van der Waals surface area contributed by atoms with Crippen molar-refractivity contribution in [1.82, 2.24) is 16.0 Å². The number of rotatable bonds is 11. The number of hydrogen-bond donors (Lipinski definition) is 4. The number of para-hydroxylation sites is 1. The molecule has 2 atom stereocenters. The van der Waals surface area contributed by atoms with E-state index in [9.17, 15) is 19.5 Å². The van der Waals surface area contributed by atoms with E-state index in [0.717, 1.165) is 33.5 Å². The average molecular weight is 629 g/mol. The molecular weight excluding hydrogens is 580 g/mol. The van der Waals surface area contributed by atoms with E-state index in [1.165, 1.54) is 0 Å². The summed E-state index contributed by atoms with van der Waals surface area (Å²) in [6.45, 7) is 12.1. The number of hydrogen-bond acceptors (Lipinski definition) is 6. The average Bonchev–Trinajstić information content (AvgIpc) is 3.11. The van der Waals surface area contributed by atoms with Crippen LogP contribution in [0.3, 0.4) is 0 Å². The van der Waals surface area contributed by atoms with Crippen LogP contribution in [-0.2, 0) is 33.8 Å². The van der Waals surface area contributed by atoms with Crippen LogP contribution >= 0.6 is 0 Å². The molecule has 46 heavy (non-hydrogen) atoms. The third kappa shape index (κ3) is 9.89. The Balaban J connectivity index is 1.49. The monoisotopic (exact) mass is 628 g/mol. The summed E-state index contributed by atoms with van der Waals surface area (Å²) >= 11 is 0. The summed E-state index contributed by atoms with van der Waals surface area (Å²) in [6, 6.07) is 23.2. The van der Waals surface area contributed by atoms with Crippen molar-refractivity contribution < 1.29 is 24.2 Å². The van der Waals surface area contributed by atoms with Crippen LogP contribution in [0.5, 0.6) is 0 Å². The fourth-order valence-corrected chi connectivity index (χ4v) is 5.56. The standard InChI is InChI=1S/C37H48N4O5/c1-25(42)22-39-37(5,6)21-33(43)40-31-20-19-28-11-8-10-14-32(28)41(34(31)44)24-26-15-17-27(18-16-26)30-13-9-7-12-29(30)23-38-35(45)46-36(2,3)4/h7-18,25,31,39,42H,19-24H2,1-6H3,(H,38,45)(H,40,43)/t25-,31-/m1/s1. The summed E-state index contributed by atoms with van der Waals surface area (Å²) in [6.07, 6.45) is 0.355. The zero-order valence-electron chi connectivity index (χ0n) is 27.9. The van der Waals surface area contributed by atoms with E-state index in [1.807, 2.05) is 107 Å². The van der Waals surface area contributed by atoms with Crippen molar-refractivity contribution in [3.05, 3.63) is 89.5 Å². The van der Waals surface area contributed by atoms with Crippen LogP contribution in [0.15, 0.2) is 72.8 Å². The molecule has 0 fully saturated rings. The van der Waals surface area contributed by atoms with Crippen molar-refractivity contribution in [1.29, 1.82) is 0 Å². The number of nitrogens with one attached hydrogen (secondary N) is 3. The predicted molar refractivity (Wildman–Crippen MR) is 181 cm³/mol. The van der Waals surface area contributed by atoms with Gasteiger partial charge in [0.25, 0.3) is 0 Å². The third-order valence-electron chi connectivity index (χ3n) is 7.81. The van der Waals surface area contributed by atoms with Gasteiger partial charge in [0.05, 0.1) is 12.6 Å². The highest BCUT2D eigenvalue weighted by molar-refractivity contribution is 6.00. The van der Waals surface area contributed by atoms with E-state index in [-0.39, 0.29) is 18.2 Å². The maximum Gasteiger partial charge on any atom is 0.407 e. The van der Waals surface area contributed by atoms with Gasteiger partial charge in [-0.1, -0.05) is 66.7 Å². The Morgan fingerprint density at radius 1 is 0.978 bits per heavy atom. The molecule has 0 unspecified atom stereocenters. The number of amides is 3. The zero-order valence-corrected chi connectivity index (χ0v) is 27.9. The summed E-state index contributed by atoms with van der Waals surface area (Å²) in [7, 11) is 0. The van der Waals surface area contributed by atoms with Crippen molar-refractivity contribution >= 4 is 23.6 Å². The summed E-state index contributed by atoms with van der Waals surface area (Å²) in [4.78, 5) is 41.1. The van der Waals surface area contributed by atoms with Crippen molar-refractivity contribution in [2.24, 2.45) is 0 Å². The number of ether oxygens (including phenoxy) is 1. The molecule has 9 heteroatoms. The molecule has 3 aromatic carbocycles. The van der Waals surface area contributed by atoms with Gasteiger partial charge in [-0.05, 0) is 88.3 Å². The Kier molecular flexibility index (Phi) is 11.2. The van der Waals surface area contributed by atoms with Crippen LogP contribution in [0, 0.1) is 0 Å². The lowest BCUT2D eigenvalue weighted by Gasteiger charge is -2.29. The molecular formula is C37H48N4O5. The first-order valence-electron chi connectivity index (χ1n) is 16.0. The molecule has 4 N–H and O–H groups in total. The number of aliphatic hydroxyl groups excluding tert-OH is 1. The normalized spacial score (nSPS) is 15.8. The molecule has 3 amide bonds. The van der Waals surface area contributed by atoms with Crippen molar-refractivity contribution in [2.75, 3.05) is 11.4 Å². The molecule has 0 aliphatic carbocycles. The van der Waals surface area contributed by atoms with E-state index in [1.54, 1.807) is 11.8 Å². The Morgan fingerprint density at radius 3 is 2.35 bits per heavy atom. The SMILES string of the molecule is C[C@@H](O)CNC(C)(C)CC(=O)N[C@@H]1CCc2ccccc2N(Cc2ccc(-c3ccccc3CNC(=O)OC(C)(C)C)cc2)C1=O. The van der Waals surface area contributed by atoms with Crippen molar-refractivity contribution in [3.63, 3.8) is 0 Å². The molecule has 9 nitrogen and oxygen atoms in total. The Labute approximate surface area is 272 Å². The van der Waals surface area contributed by atoms with Gasteiger partial charge in [-0.15, -0.1) is 0 Å². The number of aryl methyl sites for hydroxylation is 1. The number of benzene rings is 3. The summed E-state index contributed by atoms with van der Waals surface area (Å²) in [5.74, 6) is -0.354. The summed E-state index contributed by atoms with van der Waals surface area (Å²) < 4.78 is 5.39. The highest BCUT2D eigenvalue weighted by atomic mass is 16.6. The molecule has 0 radical (unpaired) electrons. The second-order valence-electron chi connectivity index (χ2n) is 13.7.